The van der Waals surface area contributed by atoms with Crippen molar-refractivity contribution in [2.24, 2.45) is 0 Å². The van der Waals surface area contributed by atoms with Crippen LogP contribution in [-0.2, 0) is 95.7 Å². The summed E-state index contributed by atoms with van der Waals surface area (Å²) in [4.78, 5) is 172. The number of ether oxygens (including phenoxy) is 5. The van der Waals surface area contributed by atoms with Gasteiger partial charge in [0.1, 0.15) is 31.8 Å². The molecule has 408 valence electrons. The molecule has 0 atom stereocenters. The van der Waals surface area contributed by atoms with Gasteiger partial charge in [0, 0.05) is 51.5 Å². The Morgan fingerprint density at radius 2 is 0.847 bits per heavy atom. The first-order valence-corrected chi connectivity index (χ1v) is 23.0. The smallest absolute Gasteiger partial charge is 0.407 e. The minimum absolute atomic E-state index is 0.0344. The quantitative estimate of drug-likeness (QED) is 0.0627. The Morgan fingerprint density at radius 3 is 1.15 bits per heavy atom. The number of rotatable bonds is 25. The van der Waals surface area contributed by atoms with Crippen LogP contribution in [0.15, 0.2) is 0 Å². The fraction of sp³-hybridized carbons (Fsp3) is 0.682. The predicted molar refractivity (Wildman–Crippen MR) is 243 cm³/mol. The zero-order valence-electron chi connectivity index (χ0n) is 42.5. The van der Waals surface area contributed by atoms with E-state index in [1.165, 1.54) is 4.90 Å². The lowest BCUT2D eigenvalue weighted by Gasteiger charge is -2.23. The van der Waals surface area contributed by atoms with Crippen LogP contribution in [0.5, 0.6) is 0 Å². The van der Waals surface area contributed by atoms with Crippen LogP contribution in [0.25, 0.3) is 0 Å². The molecule has 28 nitrogen and oxygen atoms in total. The van der Waals surface area contributed by atoms with E-state index < -0.39 is 84.2 Å². The SMILES string of the molecule is CC(C)(C)OC(=O)NCCC(=O)N(CC(=O)ON1C(=O)CCC1=O)CC(=O)ON1C(=O)CCC1=O.CCCC(=O)N(CC(=O)OCC)CC(=O)OCC.CCCC(=O)O.CCOC(=O)CNCC(=O)OCC. The third kappa shape index (κ3) is 32.5. The average Bonchev–Trinajstić information content (AvgIpc) is 3.76. The van der Waals surface area contributed by atoms with Crippen LogP contribution in [0.2, 0.25) is 0 Å². The largest absolute Gasteiger partial charge is 0.481 e. The van der Waals surface area contributed by atoms with Gasteiger partial charge in [0.25, 0.3) is 23.6 Å². The second kappa shape index (κ2) is 37.6. The minimum Gasteiger partial charge on any atom is -0.481 e. The highest BCUT2D eigenvalue weighted by molar-refractivity contribution is 6.02. The van der Waals surface area contributed by atoms with E-state index in [4.69, 9.17) is 29.0 Å². The molecule has 2 rings (SSSR count). The number of carboxylic acid groups (broad SMARTS) is 1. The highest BCUT2D eigenvalue weighted by atomic mass is 16.7. The third-order valence-corrected chi connectivity index (χ3v) is 8.08. The molecule has 2 saturated heterocycles. The number of carbonyl (C=O) groups excluding carboxylic acids is 13. The highest BCUT2D eigenvalue weighted by Crippen LogP contribution is 2.14. The summed E-state index contributed by atoms with van der Waals surface area (Å²) in [6, 6.07) is 0. The molecule has 7 amide bonds. The maximum absolute atomic E-state index is 12.6. The standard InChI is InChI=1S/C20H26N4O11.C12H21NO5.C8H15NO4.C4H8O2/c1-20(2,3)33-19(32)21-9-8-12(25)22(10-17(30)34-23-13(26)4-5-14(23)27)11-18(31)35-24-15(28)6-7-16(24)29;1-4-7-10(14)13(8-11(15)17-5-2)9-12(16)18-6-3;1-3-12-7(10)5-9-6-8(11)13-4-2;1-2-3-4(5)6/h4-11H2,1-3H3,(H,21,32);4-9H2,1-3H3;9H,3-6H2,1-2H3;2-3H2,1H3,(H,5,6). The maximum atomic E-state index is 12.6. The number of hydrogen-bond acceptors (Lipinski definition) is 22. The summed E-state index contributed by atoms with van der Waals surface area (Å²) in [5, 5.41) is 13.4. The summed E-state index contributed by atoms with van der Waals surface area (Å²) in [5.74, 6) is -8.95. The van der Waals surface area contributed by atoms with E-state index in [0.29, 0.717) is 37.4 Å². The number of hydrogen-bond donors (Lipinski definition) is 3. The molecule has 28 heteroatoms. The Morgan fingerprint density at radius 1 is 0.514 bits per heavy atom. The Bertz CT molecular complexity index is 1750. The normalized spacial score (nSPS) is 12.5. The van der Waals surface area contributed by atoms with Crippen molar-refractivity contribution in [3.8, 4) is 0 Å². The molecule has 0 aromatic heterocycles. The molecule has 0 saturated carbocycles. The number of amides is 7. The second-order valence-electron chi connectivity index (χ2n) is 15.5. The van der Waals surface area contributed by atoms with Crippen molar-refractivity contribution in [2.45, 2.75) is 126 Å². The van der Waals surface area contributed by atoms with Crippen molar-refractivity contribution in [1.29, 1.82) is 0 Å². The third-order valence-electron chi connectivity index (χ3n) is 8.08. The molecule has 0 radical (unpaired) electrons. The number of nitrogens with zero attached hydrogens (tertiary/aromatic N) is 4. The maximum Gasteiger partial charge on any atom is 0.407 e. The van der Waals surface area contributed by atoms with Gasteiger partial charge in [-0.3, -0.25) is 58.1 Å². The zero-order valence-corrected chi connectivity index (χ0v) is 42.5. The van der Waals surface area contributed by atoms with Gasteiger partial charge in [-0.15, -0.1) is 10.1 Å². The molecule has 0 aromatic carbocycles. The fourth-order valence-electron chi connectivity index (χ4n) is 5.10. The van der Waals surface area contributed by atoms with E-state index in [9.17, 15) is 67.1 Å². The van der Waals surface area contributed by atoms with E-state index in [0.717, 1.165) is 6.42 Å². The summed E-state index contributed by atoms with van der Waals surface area (Å²) >= 11 is 0. The first-order chi connectivity index (χ1) is 33.8. The topological polar surface area (TPSA) is 361 Å². The number of aliphatic carboxylic acids is 1. The molecule has 0 bridgehead atoms. The number of nitrogens with one attached hydrogen (secondary N) is 2. The second-order valence-corrected chi connectivity index (χ2v) is 15.5. The first-order valence-electron chi connectivity index (χ1n) is 23.0. The van der Waals surface area contributed by atoms with Crippen molar-refractivity contribution in [3.05, 3.63) is 0 Å². The van der Waals surface area contributed by atoms with Gasteiger partial charge >= 0.3 is 47.9 Å². The van der Waals surface area contributed by atoms with Gasteiger partial charge in [-0.05, 0) is 61.3 Å². The van der Waals surface area contributed by atoms with E-state index in [-0.39, 0.29) is 106 Å². The van der Waals surface area contributed by atoms with E-state index in [2.05, 4.69) is 20.1 Å². The van der Waals surface area contributed by atoms with Gasteiger partial charge in [-0.1, -0.05) is 13.8 Å². The summed E-state index contributed by atoms with van der Waals surface area (Å²) in [7, 11) is 0. The summed E-state index contributed by atoms with van der Waals surface area (Å²) in [6.07, 6.45) is 0.209. The van der Waals surface area contributed by atoms with Gasteiger partial charge in [0.15, 0.2) is 0 Å². The van der Waals surface area contributed by atoms with Crippen LogP contribution in [-0.4, -0.2) is 186 Å². The molecule has 2 aliphatic rings. The van der Waals surface area contributed by atoms with E-state index >= 15 is 0 Å². The lowest BCUT2D eigenvalue weighted by Crippen LogP contribution is -2.45. The van der Waals surface area contributed by atoms with Crippen LogP contribution in [0.1, 0.15) is 120 Å². The Labute approximate surface area is 416 Å². The number of hydroxylamine groups is 4. The van der Waals surface area contributed by atoms with Gasteiger partial charge in [0.05, 0.1) is 39.5 Å². The fourth-order valence-corrected chi connectivity index (χ4v) is 5.10. The molecule has 0 spiro atoms. The lowest BCUT2D eigenvalue weighted by atomic mass is 10.2. The predicted octanol–water partition coefficient (Wildman–Crippen LogP) is 0.259. The summed E-state index contributed by atoms with van der Waals surface area (Å²) in [6.45, 7) is 14.3. The van der Waals surface area contributed by atoms with E-state index in [1.54, 1.807) is 48.5 Å². The molecule has 0 unspecified atom stereocenters. The Balaban J connectivity index is 0. The number of carbonyl (C=O) groups is 14. The van der Waals surface area contributed by atoms with Gasteiger partial charge < -0.3 is 53.6 Å². The number of esters is 4. The van der Waals surface area contributed by atoms with Crippen molar-refractivity contribution in [1.82, 2.24) is 30.6 Å². The molecular formula is C44H70N6O22. The summed E-state index contributed by atoms with van der Waals surface area (Å²) < 4.78 is 23.8. The molecular weight excluding hydrogens is 965 g/mol. The molecule has 3 N–H and O–H groups in total. The van der Waals surface area contributed by atoms with Gasteiger partial charge in [0.2, 0.25) is 11.8 Å². The average molecular weight is 1040 g/mol. The van der Waals surface area contributed by atoms with Crippen LogP contribution in [0.4, 0.5) is 4.79 Å². The summed E-state index contributed by atoms with van der Waals surface area (Å²) in [5.41, 5.74) is -0.775. The van der Waals surface area contributed by atoms with Crippen molar-refractivity contribution < 1.29 is 106 Å². The zero-order chi connectivity index (χ0) is 55.4. The molecule has 72 heavy (non-hydrogen) atoms. The minimum atomic E-state index is -1.21. The highest BCUT2D eigenvalue weighted by Gasteiger charge is 2.36. The Kier molecular flexibility index (Phi) is 34.9. The van der Waals surface area contributed by atoms with Gasteiger partial charge in [-0.25, -0.2) is 14.4 Å². The van der Waals surface area contributed by atoms with Gasteiger partial charge in [-0.2, -0.15) is 0 Å². The number of imide groups is 2. The van der Waals surface area contributed by atoms with Crippen molar-refractivity contribution in [2.75, 3.05) is 72.2 Å². The van der Waals surface area contributed by atoms with Crippen LogP contribution in [0.3, 0.4) is 0 Å². The van der Waals surface area contributed by atoms with Crippen molar-refractivity contribution >= 4 is 83.3 Å². The Hall–Kier alpha value is -7.26. The molecule has 0 aromatic rings. The van der Waals surface area contributed by atoms with Crippen LogP contribution in [0, 0.1) is 0 Å². The van der Waals surface area contributed by atoms with E-state index in [1.807, 2.05) is 13.8 Å². The first kappa shape index (κ1) is 66.8. The van der Waals surface area contributed by atoms with Crippen LogP contribution < -0.4 is 10.6 Å². The monoisotopic (exact) mass is 1030 g/mol. The number of carboxylic acids is 1. The number of alkyl carbamates (subject to hydrolysis) is 1. The lowest BCUT2D eigenvalue weighted by molar-refractivity contribution is -0.201. The molecule has 0 aliphatic carbocycles. The van der Waals surface area contributed by atoms with Crippen molar-refractivity contribution in [3.63, 3.8) is 0 Å². The van der Waals surface area contributed by atoms with Crippen LogP contribution >= 0.6 is 0 Å². The molecule has 2 fully saturated rings. The molecule has 2 aliphatic heterocycles. The molecule has 2 heterocycles.